The smallest absolute Gasteiger partial charge is 0.193 e. The van der Waals surface area contributed by atoms with Gasteiger partial charge in [-0.1, -0.05) is 12.1 Å². The van der Waals surface area contributed by atoms with Gasteiger partial charge in [-0.05, 0) is 34.7 Å². The first kappa shape index (κ1) is 8.64. The lowest BCUT2D eigenvalue weighted by molar-refractivity contribution is 0.0958. The number of hydrogen-bond donors (Lipinski definition) is 0. The highest BCUT2D eigenvalue weighted by atomic mass is 127. The average molecular weight is 264 g/mol. The Morgan fingerprint density at radius 1 is 1.55 bits per heavy atom. The second kappa shape index (κ2) is 3.80. The minimum absolute atomic E-state index is 0.444. The molecule has 0 amide bonds. The molecular formula is C8H6FIO. The Hall–Kier alpha value is -0.450. The number of benzene rings is 1. The Morgan fingerprint density at radius 3 is 2.82 bits per heavy atom. The van der Waals surface area contributed by atoms with Crippen molar-refractivity contribution in [3.8, 4) is 0 Å². The lowest BCUT2D eigenvalue weighted by Crippen LogP contribution is -2.00. The van der Waals surface area contributed by atoms with Gasteiger partial charge in [0.25, 0.3) is 0 Å². The molecule has 1 aromatic rings. The van der Waals surface area contributed by atoms with Crippen LogP contribution in [0.15, 0.2) is 24.3 Å². The van der Waals surface area contributed by atoms with E-state index in [1.807, 2.05) is 6.07 Å². The van der Waals surface area contributed by atoms with E-state index in [4.69, 9.17) is 0 Å². The Bertz CT molecular complexity index is 273. The Morgan fingerprint density at radius 2 is 2.27 bits per heavy atom. The zero-order chi connectivity index (χ0) is 8.27. The minimum atomic E-state index is -0.917. The van der Waals surface area contributed by atoms with Crippen LogP contribution in [0, 0.1) is 3.57 Å². The van der Waals surface area contributed by atoms with E-state index in [1.54, 1.807) is 18.2 Å². The van der Waals surface area contributed by atoms with Gasteiger partial charge in [0, 0.05) is 9.13 Å². The fraction of sp³-hybridized carbons (Fsp3) is 0.125. The van der Waals surface area contributed by atoms with Crippen LogP contribution in [0.2, 0.25) is 0 Å². The molecule has 58 valence electrons. The summed E-state index contributed by atoms with van der Waals surface area (Å²) in [7, 11) is 0. The molecule has 0 spiro atoms. The summed E-state index contributed by atoms with van der Waals surface area (Å²) in [6.45, 7) is -0.917. The standard InChI is InChI=1S/C8H6FIO/c9-5-8(11)6-2-1-3-7(10)4-6/h1-4H,5H2. The van der Waals surface area contributed by atoms with E-state index < -0.39 is 12.5 Å². The zero-order valence-corrected chi connectivity index (χ0v) is 7.84. The number of alkyl halides is 1. The number of halogens is 2. The summed E-state index contributed by atoms with van der Waals surface area (Å²) in [5.74, 6) is -0.455. The molecule has 3 heteroatoms. The third-order valence-electron chi connectivity index (χ3n) is 1.27. The molecule has 0 N–H and O–H groups in total. The van der Waals surface area contributed by atoms with Crippen LogP contribution in [0.3, 0.4) is 0 Å². The molecule has 0 saturated carbocycles. The molecular weight excluding hydrogens is 258 g/mol. The topological polar surface area (TPSA) is 17.1 Å². The van der Waals surface area contributed by atoms with Crippen molar-refractivity contribution in [1.82, 2.24) is 0 Å². The van der Waals surface area contributed by atoms with E-state index >= 15 is 0 Å². The van der Waals surface area contributed by atoms with Gasteiger partial charge < -0.3 is 0 Å². The quantitative estimate of drug-likeness (QED) is 0.592. The van der Waals surface area contributed by atoms with Crippen LogP contribution in [0.4, 0.5) is 4.39 Å². The number of carbonyl (C=O) groups is 1. The molecule has 0 aliphatic carbocycles. The van der Waals surface area contributed by atoms with Crippen LogP contribution in [-0.2, 0) is 0 Å². The molecule has 1 aromatic carbocycles. The fourth-order valence-corrected chi connectivity index (χ4v) is 1.28. The number of carbonyl (C=O) groups excluding carboxylic acids is 1. The van der Waals surface area contributed by atoms with Crippen molar-refractivity contribution in [2.24, 2.45) is 0 Å². The Labute approximate surface area is 77.8 Å². The predicted octanol–water partition coefficient (Wildman–Crippen LogP) is 2.44. The van der Waals surface area contributed by atoms with Gasteiger partial charge in [-0.15, -0.1) is 0 Å². The number of hydrogen-bond acceptors (Lipinski definition) is 1. The maximum absolute atomic E-state index is 11.9. The van der Waals surface area contributed by atoms with E-state index in [9.17, 15) is 9.18 Å². The van der Waals surface area contributed by atoms with Crippen LogP contribution in [0.5, 0.6) is 0 Å². The SMILES string of the molecule is O=C(CF)c1cccc(I)c1. The predicted molar refractivity (Wildman–Crippen MR) is 49.5 cm³/mol. The summed E-state index contributed by atoms with van der Waals surface area (Å²) in [6.07, 6.45) is 0. The lowest BCUT2D eigenvalue weighted by atomic mass is 10.1. The summed E-state index contributed by atoms with van der Waals surface area (Å²) in [5, 5.41) is 0. The first-order chi connectivity index (χ1) is 5.24. The van der Waals surface area contributed by atoms with Crippen LogP contribution < -0.4 is 0 Å². The van der Waals surface area contributed by atoms with Gasteiger partial charge in [0.1, 0.15) is 0 Å². The normalized spacial score (nSPS) is 9.64. The van der Waals surface area contributed by atoms with Crippen LogP contribution in [0.25, 0.3) is 0 Å². The van der Waals surface area contributed by atoms with Crippen LogP contribution in [-0.4, -0.2) is 12.5 Å². The van der Waals surface area contributed by atoms with Gasteiger partial charge in [-0.3, -0.25) is 4.79 Å². The molecule has 0 radical (unpaired) electrons. The number of rotatable bonds is 2. The molecule has 0 bridgehead atoms. The van der Waals surface area contributed by atoms with Gasteiger partial charge >= 0.3 is 0 Å². The minimum Gasteiger partial charge on any atom is -0.291 e. The Kier molecular flexibility index (Phi) is 2.99. The summed E-state index contributed by atoms with van der Waals surface area (Å²) < 4.78 is 12.8. The van der Waals surface area contributed by atoms with Crippen molar-refractivity contribution < 1.29 is 9.18 Å². The molecule has 0 unspecified atom stereocenters. The second-order valence-electron chi connectivity index (χ2n) is 2.07. The van der Waals surface area contributed by atoms with E-state index in [2.05, 4.69) is 22.6 Å². The first-order valence-electron chi connectivity index (χ1n) is 3.09. The maximum atomic E-state index is 11.9. The van der Waals surface area contributed by atoms with Crippen LogP contribution in [0.1, 0.15) is 10.4 Å². The largest absolute Gasteiger partial charge is 0.291 e. The van der Waals surface area contributed by atoms with E-state index in [-0.39, 0.29) is 0 Å². The zero-order valence-electron chi connectivity index (χ0n) is 5.68. The van der Waals surface area contributed by atoms with Crippen LogP contribution >= 0.6 is 22.6 Å². The summed E-state index contributed by atoms with van der Waals surface area (Å²) in [5.41, 5.74) is 0.444. The number of Topliss-reactive ketones (excluding diaryl/α,β-unsaturated/α-hetero) is 1. The van der Waals surface area contributed by atoms with Crippen molar-refractivity contribution in [1.29, 1.82) is 0 Å². The molecule has 1 nitrogen and oxygen atoms in total. The van der Waals surface area contributed by atoms with Gasteiger partial charge in [0.15, 0.2) is 12.5 Å². The van der Waals surface area contributed by atoms with Gasteiger partial charge in [-0.2, -0.15) is 0 Å². The third-order valence-corrected chi connectivity index (χ3v) is 1.94. The maximum Gasteiger partial charge on any atom is 0.193 e. The van der Waals surface area contributed by atoms with Crippen molar-refractivity contribution in [3.05, 3.63) is 33.4 Å². The molecule has 0 aliphatic heterocycles. The fourth-order valence-electron chi connectivity index (χ4n) is 0.739. The summed E-state index contributed by atoms with van der Waals surface area (Å²) >= 11 is 2.08. The molecule has 0 atom stereocenters. The molecule has 0 heterocycles. The molecule has 0 saturated heterocycles. The molecule has 0 fully saturated rings. The van der Waals surface area contributed by atoms with Crippen molar-refractivity contribution in [3.63, 3.8) is 0 Å². The van der Waals surface area contributed by atoms with E-state index in [1.165, 1.54) is 0 Å². The highest BCUT2D eigenvalue weighted by Gasteiger charge is 2.03. The third kappa shape index (κ3) is 2.25. The van der Waals surface area contributed by atoms with E-state index in [0.29, 0.717) is 5.56 Å². The summed E-state index contributed by atoms with van der Waals surface area (Å²) in [4.78, 5) is 10.8. The van der Waals surface area contributed by atoms with Gasteiger partial charge in [-0.25, -0.2) is 4.39 Å². The van der Waals surface area contributed by atoms with Gasteiger partial charge in [0.05, 0.1) is 0 Å². The molecule has 11 heavy (non-hydrogen) atoms. The monoisotopic (exact) mass is 264 g/mol. The first-order valence-corrected chi connectivity index (χ1v) is 4.16. The molecule has 0 aliphatic rings. The van der Waals surface area contributed by atoms with E-state index in [0.717, 1.165) is 3.57 Å². The molecule has 1 rings (SSSR count). The van der Waals surface area contributed by atoms with Crippen molar-refractivity contribution in [2.45, 2.75) is 0 Å². The highest BCUT2D eigenvalue weighted by molar-refractivity contribution is 14.1. The summed E-state index contributed by atoms with van der Waals surface area (Å²) in [6, 6.07) is 6.88. The second-order valence-corrected chi connectivity index (χ2v) is 3.31. The molecule has 0 aromatic heterocycles. The Balaban J connectivity index is 2.96. The highest BCUT2D eigenvalue weighted by Crippen LogP contribution is 2.08. The average Bonchev–Trinajstić information content (AvgIpc) is 2.03. The lowest BCUT2D eigenvalue weighted by Gasteiger charge is -1.95. The van der Waals surface area contributed by atoms with Crippen molar-refractivity contribution >= 4 is 28.4 Å². The van der Waals surface area contributed by atoms with Crippen molar-refractivity contribution in [2.75, 3.05) is 6.67 Å². The van der Waals surface area contributed by atoms with Gasteiger partial charge in [0.2, 0.25) is 0 Å². The number of ketones is 1.